The quantitative estimate of drug-likeness (QED) is 0.339. The van der Waals surface area contributed by atoms with E-state index in [2.05, 4.69) is 15.6 Å². The molecule has 1 saturated heterocycles. The molecule has 10 heteroatoms. The maximum atomic E-state index is 13.8. The van der Waals surface area contributed by atoms with E-state index >= 15 is 0 Å². The zero-order valence-corrected chi connectivity index (χ0v) is 26.0. The smallest absolute Gasteiger partial charge is 0.258 e. The Morgan fingerprint density at radius 1 is 0.957 bits per heavy atom. The summed E-state index contributed by atoms with van der Waals surface area (Å²) in [5.41, 5.74) is 4.81. The standard InChI is InChI=1S/C36H36N4O6/c1-22-7-13-29(23(2)38-22)36(43)40-16-15-33-31(20-40)39-35(42)26-10-14-32(44-3)30(18-26)25-5-4-6-28(17-25)45-21-34(41)37-19-24-8-11-27(46-33)12-9-24/h4-14,17-18,31,33H,15-16,19-21H2,1-3H3,(H,37,41)(H,39,42)/t31-,33-/m1/s1. The van der Waals surface area contributed by atoms with Crippen LogP contribution in [-0.4, -0.2) is 66.6 Å². The fourth-order valence-electron chi connectivity index (χ4n) is 5.82. The van der Waals surface area contributed by atoms with Crippen molar-refractivity contribution in [2.75, 3.05) is 26.8 Å². The monoisotopic (exact) mass is 620 g/mol. The van der Waals surface area contributed by atoms with E-state index in [0.717, 1.165) is 16.8 Å². The van der Waals surface area contributed by atoms with Crippen LogP contribution in [0.15, 0.2) is 78.9 Å². The number of piperidine rings is 1. The summed E-state index contributed by atoms with van der Waals surface area (Å²) in [4.78, 5) is 46.2. The first kappa shape index (κ1) is 30.6. The molecule has 236 valence electrons. The van der Waals surface area contributed by atoms with Crippen molar-refractivity contribution in [3.8, 4) is 28.4 Å². The van der Waals surface area contributed by atoms with Crippen molar-refractivity contribution in [3.63, 3.8) is 0 Å². The molecule has 4 heterocycles. The summed E-state index contributed by atoms with van der Waals surface area (Å²) < 4.78 is 17.8. The van der Waals surface area contributed by atoms with E-state index in [-0.39, 0.29) is 30.9 Å². The van der Waals surface area contributed by atoms with E-state index in [9.17, 15) is 14.4 Å². The molecule has 10 nitrogen and oxygen atoms in total. The van der Waals surface area contributed by atoms with Crippen molar-refractivity contribution in [1.29, 1.82) is 0 Å². The molecule has 3 amide bonds. The van der Waals surface area contributed by atoms with Gasteiger partial charge in [0.25, 0.3) is 17.7 Å². The molecule has 0 unspecified atom stereocenters. The molecule has 6 bridgehead atoms. The van der Waals surface area contributed by atoms with Crippen LogP contribution < -0.4 is 24.8 Å². The Bertz CT molecular complexity index is 1770. The Balaban J connectivity index is 1.34. The Hall–Kier alpha value is -5.38. The number of rotatable bonds is 2. The average Bonchev–Trinajstić information content (AvgIpc) is 3.07. The number of aryl methyl sites for hydroxylation is 2. The van der Waals surface area contributed by atoms with Gasteiger partial charge < -0.3 is 29.7 Å². The Labute approximate surface area is 267 Å². The van der Waals surface area contributed by atoms with Crippen LogP contribution in [0.1, 0.15) is 44.1 Å². The van der Waals surface area contributed by atoms with Crippen LogP contribution in [0.4, 0.5) is 0 Å². The van der Waals surface area contributed by atoms with Gasteiger partial charge in [-0.25, -0.2) is 0 Å². The van der Waals surface area contributed by atoms with E-state index in [1.54, 1.807) is 48.4 Å². The Kier molecular flexibility index (Phi) is 8.87. The van der Waals surface area contributed by atoms with Crippen molar-refractivity contribution in [2.45, 2.75) is 39.0 Å². The van der Waals surface area contributed by atoms with Crippen LogP contribution in [0.2, 0.25) is 0 Å². The number of benzene rings is 3. The van der Waals surface area contributed by atoms with E-state index in [4.69, 9.17) is 14.2 Å². The highest BCUT2D eigenvalue weighted by atomic mass is 16.5. The highest BCUT2D eigenvalue weighted by Crippen LogP contribution is 2.33. The first-order chi connectivity index (χ1) is 22.3. The van der Waals surface area contributed by atoms with Crippen LogP contribution in [0.25, 0.3) is 11.1 Å². The topological polar surface area (TPSA) is 119 Å². The molecule has 1 aromatic heterocycles. The average molecular weight is 621 g/mol. The van der Waals surface area contributed by atoms with Crippen molar-refractivity contribution < 1.29 is 28.6 Å². The lowest BCUT2D eigenvalue weighted by molar-refractivity contribution is -0.123. The van der Waals surface area contributed by atoms with Crippen LogP contribution in [0.3, 0.4) is 0 Å². The number of fused-ring (bicyclic) bond motifs is 7. The number of pyridine rings is 1. The molecule has 3 aromatic carbocycles. The first-order valence-electron chi connectivity index (χ1n) is 15.3. The van der Waals surface area contributed by atoms with Gasteiger partial charge >= 0.3 is 0 Å². The van der Waals surface area contributed by atoms with Gasteiger partial charge in [0.2, 0.25) is 0 Å². The van der Waals surface area contributed by atoms with Crippen molar-refractivity contribution in [2.24, 2.45) is 0 Å². The molecule has 3 aliphatic rings. The lowest BCUT2D eigenvalue weighted by Gasteiger charge is -2.39. The van der Waals surface area contributed by atoms with E-state index in [0.29, 0.717) is 59.1 Å². The van der Waals surface area contributed by atoms with Gasteiger partial charge in [-0.15, -0.1) is 0 Å². The normalized spacial score (nSPS) is 18.3. The molecule has 46 heavy (non-hydrogen) atoms. The molecular weight excluding hydrogens is 584 g/mol. The molecule has 0 radical (unpaired) electrons. The molecule has 7 rings (SSSR count). The molecule has 0 spiro atoms. The number of hydrogen-bond donors (Lipinski definition) is 2. The lowest BCUT2D eigenvalue weighted by atomic mass is 9.98. The van der Waals surface area contributed by atoms with E-state index in [1.807, 2.05) is 56.3 Å². The number of likely N-dealkylation sites (tertiary alicyclic amines) is 1. The number of hydrogen-bond acceptors (Lipinski definition) is 7. The minimum absolute atomic E-state index is 0.135. The summed E-state index contributed by atoms with van der Waals surface area (Å²) >= 11 is 0. The van der Waals surface area contributed by atoms with Crippen molar-refractivity contribution in [1.82, 2.24) is 20.5 Å². The summed E-state index contributed by atoms with van der Waals surface area (Å²) in [5.74, 6) is 1.02. The van der Waals surface area contributed by atoms with E-state index in [1.165, 1.54) is 0 Å². The van der Waals surface area contributed by atoms with Gasteiger partial charge in [0.1, 0.15) is 23.4 Å². The predicted octanol–water partition coefficient (Wildman–Crippen LogP) is 4.47. The highest BCUT2D eigenvalue weighted by Gasteiger charge is 2.35. The molecule has 2 atom stereocenters. The van der Waals surface area contributed by atoms with Crippen LogP contribution in [-0.2, 0) is 11.3 Å². The fraction of sp³-hybridized carbons (Fsp3) is 0.278. The second kappa shape index (κ2) is 13.3. The largest absolute Gasteiger partial charge is 0.496 e. The molecule has 0 saturated carbocycles. The number of methoxy groups -OCH3 is 1. The van der Waals surface area contributed by atoms with E-state index < -0.39 is 12.1 Å². The molecular formula is C36H36N4O6. The van der Waals surface area contributed by atoms with Crippen LogP contribution >= 0.6 is 0 Å². The van der Waals surface area contributed by atoms with Gasteiger partial charge in [-0.1, -0.05) is 24.3 Å². The minimum Gasteiger partial charge on any atom is -0.496 e. The number of carbonyl (C=O) groups excluding carboxylic acids is 3. The third-order valence-corrected chi connectivity index (χ3v) is 8.29. The van der Waals surface area contributed by atoms with Gasteiger partial charge in [-0.3, -0.25) is 19.4 Å². The third kappa shape index (κ3) is 6.81. The molecule has 0 aliphatic carbocycles. The predicted molar refractivity (Wildman–Crippen MR) is 172 cm³/mol. The Morgan fingerprint density at radius 2 is 1.78 bits per heavy atom. The van der Waals surface area contributed by atoms with Gasteiger partial charge in [-0.2, -0.15) is 0 Å². The first-order valence-corrected chi connectivity index (χ1v) is 15.3. The van der Waals surface area contributed by atoms with Crippen LogP contribution in [0.5, 0.6) is 17.2 Å². The second-order valence-corrected chi connectivity index (χ2v) is 11.5. The number of nitrogens with zero attached hydrogens (tertiary/aromatic N) is 2. The fourth-order valence-corrected chi connectivity index (χ4v) is 5.82. The summed E-state index contributed by atoms with van der Waals surface area (Å²) in [6.07, 6.45) is 0.112. The molecule has 4 aromatic rings. The van der Waals surface area contributed by atoms with Crippen molar-refractivity contribution >= 4 is 17.7 Å². The second-order valence-electron chi connectivity index (χ2n) is 11.5. The number of aromatic nitrogens is 1. The highest BCUT2D eigenvalue weighted by molar-refractivity contribution is 5.97. The number of carbonyl (C=O) groups is 3. The Morgan fingerprint density at radius 3 is 2.57 bits per heavy atom. The van der Waals surface area contributed by atoms with Gasteiger partial charge in [-0.05, 0) is 79.6 Å². The SMILES string of the molecule is COc1ccc2cc1-c1cccc(c1)OCC(=O)NCc1ccc(cc1)O[C@@H]1CCN(C(=O)c3ccc(C)nc3C)C[C@H]1NC2=O. The maximum absolute atomic E-state index is 13.8. The zero-order chi connectivity index (χ0) is 32.2. The van der Waals surface area contributed by atoms with Gasteiger partial charge in [0.05, 0.1) is 24.4 Å². The summed E-state index contributed by atoms with van der Waals surface area (Å²) in [6, 6.07) is 23.1. The number of nitrogens with one attached hydrogen (secondary N) is 2. The number of amides is 3. The maximum Gasteiger partial charge on any atom is 0.258 e. The summed E-state index contributed by atoms with van der Waals surface area (Å²) in [6.45, 7) is 4.62. The minimum atomic E-state index is -0.504. The van der Waals surface area contributed by atoms with Crippen LogP contribution in [0, 0.1) is 13.8 Å². The van der Waals surface area contributed by atoms with Crippen molar-refractivity contribution in [3.05, 3.63) is 107 Å². The van der Waals surface area contributed by atoms with Gasteiger partial charge in [0.15, 0.2) is 6.61 Å². The summed E-state index contributed by atoms with van der Waals surface area (Å²) in [5, 5.41) is 6.05. The zero-order valence-electron chi connectivity index (χ0n) is 26.0. The summed E-state index contributed by atoms with van der Waals surface area (Å²) in [7, 11) is 1.57. The molecule has 2 N–H and O–H groups in total. The lowest BCUT2D eigenvalue weighted by Crippen LogP contribution is -2.58. The number of ether oxygens (including phenoxy) is 3. The van der Waals surface area contributed by atoms with Gasteiger partial charge in [0, 0.05) is 42.9 Å². The third-order valence-electron chi connectivity index (χ3n) is 8.29. The molecule has 1 fully saturated rings. The molecule has 3 aliphatic heterocycles.